The van der Waals surface area contributed by atoms with Gasteiger partial charge in [-0.2, -0.15) is 0 Å². The lowest BCUT2D eigenvalue weighted by molar-refractivity contribution is -0.132. The van der Waals surface area contributed by atoms with Crippen LogP contribution in [0.5, 0.6) is 5.88 Å². The first-order valence-corrected chi connectivity index (χ1v) is 9.67. The Balaban J connectivity index is 1.53. The number of hydrogen-bond donors (Lipinski definition) is 0. The SMILES string of the molecule is C=C(CCC(=O)N1CC(F)CC1c1cccc(F)c1)COc1cc(Br)ncn1. The number of rotatable bonds is 7. The summed E-state index contributed by atoms with van der Waals surface area (Å²) in [5.74, 6) is -0.172. The highest BCUT2D eigenvalue weighted by Crippen LogP contribution is 2.34. The predicted molar refractivity (Wildman–Crippen MR) is 104 cm³/mol. The maximum absolute atomic E-state index is 14.0. The zero-order chi connectivity index (χ0) is 20.1. The Bertz CT molecular complexity index is 865. The molecule has 1 aliphatic heterocycles. The van der Waals surface area contributed by atoms with Crippen LogP contribution in [0, 0.1) is 5.82 Å². The number of halogens is 3. The summed E-state index contributed by atoms with van der Waals surface area (Å²) in [6.07, 6.45) is 1.05. The van der Waals surface area contributed by atoms with Crippen molar-refractivity contribution in [1.82, 2.24) is 14.9 Å². The van der Waals surface area contributed by atoms with Crippen LogP contribution in [0.25, 0.3) is 0 Å². The Hall–Kier alpha value is -2.35. The molecule has 8 heteroatoms. The summed E-state index contributed by atoms with van der Waals surface area (Å²) in [5, 5.41) is 0. The molecular weight excluding hydrogens is 432 g/mol. The van der Waals surface area contributed by atoms with Crippen LogP contribution in [-0.4, -0.2) is 40.1 Å². The lowest BCUT2D eigenvalue weighted by atomic mass is 10.0. The van der Waals surface area contributed by atoms with Crippen LogP contribution in [0.4, 0.5) is 8.78 Å². The van der Waals surface area contributed by atoms with E-state index in [0.717, 1.165) is 5.57 Å². The van der Waals surface area contributed by atoms with Crippen molar-refractivity contribution in [3.05, 3.63) is 64.8 Å². The van der Waals surface area contributed by atoms with Crippen LogP contribution < -0.4 is 4.74 Å². The molecule has 0 N–H and O–H groups in total. The lowest BCUT2D eigenvalue weighted by Crippen LogP contribution is -2.31. The van der Waals surface area contributed by atoms with Crippen LogP contribution in [0.15, 0.2) is 53.4 Å². The summed E-state index contributed by atoms with van der Waals surface area (Å²) in [6.45, 7) is 4.16. The third-order valence-corrected chi connectivity index (χ3v) is 4.96. The average molecular weight is 452 g/mol. The molecule has 1 aromatic heterocycles. The zero-order valence-corrected chi connectivity index (χ0v) is 16.7. The van der Waals surface area contributed by atoms with Crippen molar-refractivity contribution in [1.29, 1.82) is 0 Å². The monoisotopic (exact) mass is 451 g/mol. The Morgan fingerprint density at radius 2 is 2.14 bits per heavy atom. The molecule has 2 unspecified atom stereocenters. The lowest BCUT2D eigenvalue weighted by Gasteiger charge is -2.25. The highest BCUT2D eigenvalue weighted by Gasteiger charge is 2.36. The number of ether oxygens (including phenoxy) is 1. The minimum Gasteiger partial charge on any atom is -0.473 e. The normalized spacial score (nSPS) is 18.9. The number of alkyl halides is 1. The number of benzene rings is 1. The molecule has 1 fully saturated rings. The third-order valence-electron chi connectivity index (χ3n) is 4.53. The Morgan fingerprint density at radius 1 is 1.32 bits per heavy atom. The van der Waals surface area contributed by atoms with E-state index in [0.29, 0.717) is 22.5 Å². The molecule has 3 rings (SSSR count). The first kappa shape index (κ1) is 20.4. The second kappa shape index (κ2) is 9.23. The largest absolute Gasteiger partial charge is 0.473 e. The van der Waals surface area contributed by atoms with E-state index < -0.39 is 18.0 Å². The number of aromatic nitrogens is 2. The summed E-state index contributed by atoms with van der Waals surface area (Å²) >= 11 is 3.23. The number of likely N-dealkylation sites (tertiary alicyclic amines) is 1. The van der Waals surface area contributed by atoms with E-state index in [9.17, 15) is 13.6 Å². The molecule has 1 saturated heterocycles. The van der Waals surface area contributed by atoms with Gasteiger partial charge >= 0.3 is 0 Å². The molecule has 0 aliphatic carbocycles. The van der Waals surface area contributed by atoms with Gasteiger partial charge in [0, 0.05) is 18.9 Å². The summed E-state index contributed by atoms with van der Waals surface area (Å²) < 4.78 is 33.6. The van der Waals surface area contributed by atoms with E-state index in [4.69, 9.17) is 4.74 Å². The average Bonchev–Trinajstić information content (AvgIpc) is 3.06. The molecule has 0 radical (unpaired) electrons. The Morgan fingerprint density at radius 3 is 2.89 bits per heavy atom. The standard InChI is InChI=1S/C20H20BrF2N3O2/c1-13(11-28-19-9-18(21)24-12-25-19)5-6-20(27)26-10-16(23)8-17(26)14-3-2-4-15(22)7-14/h2-4,7,9,12,16-17H,1,5-6,8,10-11H2. The van der Waals surface area contributed by atoms with Gasteiger partial charge in [-0.15, -0.1) is 0 Å². The molecule has 148 valence electrons. The van der Waals surface area contributed by atoms with Crippen molar-refractivity contribution >= 4 is 21.8 Å². The van der Waals surface area contributed by atoms with E-state index in [1.807, 2.05) is 0 Å². The topological polar surface area (TPSA) is 55.3 Å². The van der Waals surface area contributed by atoms with Gasteiger partial charge in [0.25, 0.3) is 0 Å². The van der Waals surface area contributed by atoms with Gasteiger partial charge in [-0.25, -0.2) is 18.7 Å². The van der Waals surface area contributed by atoms with Crippen molar-refractivity contribution in [2.45, 2.75) is 31.5 Å². The molecule has 2 heterocycles. The second-order valence-electron chi connectivity index (χ2n) is 6.67. The minimum atomic E-state index is -1.11. The quantitative estimate of drug-likeness (QED) is 0.462. The van der Waals surface area contributed by atoms with Gasteiger partial charge in [0.05, 0.1) is 12.6 Å². The maximum atomic E-state index is 14.0. The van der Waals surface area contributed by atoms with Crippen LogP contribution in [0.2, 0.25) is 0 Å². The summed E-state index contributed by atoms with van der Waals surface area (Å²) in [6, 6.07) is 7.17. The molecule has 2 atom stereocenters. The smallest absolute Gasteiger partial charge is 0.223 e. The molecule has 0 spiro atoms. The van der Waals surface area contributed by atoms with E-state index >= 15 is 0 Å². The molecule has 1 aliphatic rings. The van der Waals surface area contributed by atoms with E-state index in [-0.39, 0.29) is 31.9 Å². The van der Waals surface area contributed by atoms with Gasteiger partial charge < -0.3 is 9.64 Å². The molecule has 0 saturated carbocycles. The summed E-state index contributed by atoms with van der Waals surface area (Å²) in [5.41, 5.74) is 1.34. The van der Waals surface area contributed by atoms with Gasteiger partial charge in [0.1, 0.15) is 29.5 Å². The first-order valence-electron chi connectivity index (χ1n) is 8.88. The minimum absolute atomic E-state index is 0.0257. The van der Waals surface area contributed by atoms with Crippen molar-refractivity contribution in [2.24, 2.45) is 0 Å². The fourth-order valence-corrected chi connectivity index (χ4v) is 3.45. The molecule has 2 aromatic rings. The number of nitrogens with zero attached hydrogens (tertiary/aromatic N) is 3. The number of carbonyl (C=O) groups excluding carboxylic acids is 1. The number of amides is 1. The fraction of sp³-hybridized carbons (Fsp3) is 0.350. The third kappa shape index (κ3) is 5.34. The Labute approximate surface area is 170 Å². The molecule has 0 bridgehead atoms. The van der Waals surface area contributed by atoms with Gasteiger partial charge in [0.15, 0.2) is 0 Å². The maximum Gasteiger partial charge on any atom is 0.223 e. The zero-order valence-electron chi connectivity index (χ0n) is 15.2. The predicted octanol–water partition coefficient (Wildman–Crippen LogP) is 4.41. The van der Waals surface area contributed by atoms with Crippen LogP contribution >= 0.6 is 15.9 Å². The molecular formula is C20H20BrF2N3O2. The molecule has 5 nitrogen and oxygen atoms in total. The first-order chi connectivity index (χ1) is 13.4. The van der Waals surface area contributed by atoms with Crippen molar-refractivity contribution in [3.8, 4) is 5.88 Å². The summed E-state index contributed by atoms with van der Waals surface area (Å²) in [4.78, 5) is 22.0. The van der Waals surface area contributed by atoms with Gasteiger partial charge in [-0.3, -0.25) is 4.79 Å². The van der Waals surface area contributed by atoms with Crippen molar-refractivity contribution in [3.63, 3.8) is 0 Å². The Kier molecular flexibility index (Phi) is 6.72. The molecule has 28 heavy (non-hydrogen) atoms. The van der Waals surface area contributed by atoms with Crippen LogP contribution in [-0.2, 0) is 4.79 Å². The van der Waals surface area contributed by atoms with Crippen molar-refractivity contribution in [2.75, 3.05) is 13.2 Å². The molecule has 1 aromatic carbocycles. The highest BCUT2D eigenvalue weighted by atomic mass is 79.9. The number of hydrogen-bond acceptors (Lipinski definition) is 4. The fourth-order valence-electron chi connectivity index (χ4n) is 3.16. The van der Waals surface area contributed by atoms with Gasteiger partial charge in [-0.1, -0.05) is 18.7 Å². The molecule has 1 amide bonds. The summed E-state index contributed by atoms with van der Waals surface area (Å²) in [7, 11) is 0. The second-order valence-corrected chi connectivity index (χ2v) is 7.48. The highest BCUT2D eigenvalue weighted by molar-refractivity contribution is 9.10. The van der Waals surface area contributed by atoms with Gasteiger partial charge in [0.2, 0.25) is 11.8 Å². The van der Waals surface area contributed by atoms with Crippen molar-refractivity contribution < 1.29 is 18.3 Å². The van der Waals surface area contributed by atoms with E-state index in [1.54, 1.807) is 18.2 Å². The number of carbonyl (C=O) groups is 1. The van der Waals surface area contributed by atoms with Crippen LogP contribution in [0.3, 0.4) is 0 Å². The van der Waals surface area contributed by atoms with Gasteiger partial charge in [-0.05, 0) is 45.6 Å². The van der Waals surface area contributed by atoms with E-state index in [1.165, 1.54) is 23.4 Å². The van der Waals surface area contributed by atoms with Crippen LogP contribution in [0.1, 0.15) is 30.9 Å². The van der Waals surface area contributed by atoms with E-state index in [2.05, 4.69) is 32.5 Å².